The zero-order chi connectivity index (χ0) is 15.1. The van der Waals surface area contributed by atoms with Crippen LogP contribution in [0.1, 0.15) is 36.5 Å². The second-order valence-electron chi connectivity index (χ2n) is 5.35. The lowest BCUT2D eigenvalue weighted by Gasteiger charge is -2.07. The molecule has 21 heavy (non-hydrogen) atoms. The zero-order valence-electron chi connectivity index (χ0n) is 13.0. The van der Waals surface area contributed by atoms with E-state index in [0.717, 1.165) is 37.0 Å². The van der Waals surface area contributed by atoms with Crippen molar-refractivity contribution in [2.24, 2.45) is 0 Å². The Morgan fingerprint density at radius 3 is 2.81 bits per heavy atom. The summed E-state index contributed by atoms with van der Waals surface area (Å²) in [6.45, 7) is 4.82. The van der Waals surface area contributed by atoms with Crippen molar-refractivity contribution in [1.29, 1.82) is 0 Å². The van der Waals surface area contributed by atoms with Crippen molar-refractivity contribution in [3.63, 3.8) is 0 Å². The molecule has 1 aromatic carbocycles. The SMILES string of the molecule is CCCCn1ccc2ccc(C(=O)NCCCNC)cc21. The molecule has 4 heteroatoms. The highest BCUT2D eigenvalue weighted by atomic mass is 16.1. The van der Waals surface area contributed by atoms with Crippen molar-refractivity contribution >= 4 is 16.8 Å². The lowest BCUT2D eigenvalue weighted by atomic mass is 10.1. The zero-order valence-corrected chi connectivity index (χ0v) is 13.0. The Morgan fingerprint density at radius 1 is 1.19 bits per heavy atom. The Hall–Kier alpha value is -1.81. The average molecular weight is 287 g/mol. The van der Waals surface area contributed by atoms with Gasteiger partial charge in [0.25, 0.3) is 5.91 Å². The molecule has 4 nitrogen and oxygen atoms in total. The van der Waals surface area contributed by atoms with Gasteiger partial charge >= 0.3 is 0 Å². The lowest BCUT2D eigenvalue weighted by molar-refractivity contribution is 0.0953. The van der Waals surface area contributed by atoms with Crippen molar-refractivity contribution < 1.29 is 4.79 Å². The van der Waals surface area contributed by atoms with E-state index in [9.17, 15) is 4.79 Å². The van der Waals surface area contributed by atoms with Crippen LogP contribution in [0.3, 0.4) is 0 Å². The first-order chi connectivity index (χ1) is 10.3. The number of fused-ring (bicyclic) bond motifs is 1. The quantitative estimate of drug-likeness (QED) is 0.733. The van der Waals surface area contributed by atoms with Crippen LogP contribution < -0.4 is 10.6 Å². The largest absolute Gasteiger partial charge is 0.352 e. The van der Waals surface area contributed by atoms with Crippen LogP contribution in [0.25, 0.3) is 10.9 Å². The van der Waals surface area contributed by atoms with Crippen LogP contribution in [0.15, 0.2) is 30.5 Å². The predicted octanol–water partition coefficient (Wildman–Crippen LogP) is 2.78. The number of aromatic nitrogens is 1. The van der Waals surface area contributed by atoms with Gasteiger partial charge in [0.2, 0.25) is 0 Å². The first-order valence-electron chi connectivity index (χ1n) is 7.78. The molecule has 2 N–H and O–H groups in total. The molecule has 0 radical (unpaired) electrons. The number of nitrogens with zero attached hydrogens (tertiary/aromatic N) is 1. The van der Waals surface area contributed by atoms with Crippen LogP contribution in [-0.2, 0) is 6.54 Å². The van der Waals surface area contributed by atoms with Crippen molar-refractivity contribution in [3.8, 4) is 0 Å². The van der Waals surface area contributed by atoms with Gasteiger partial charge in [0.05, 0.1) is 0 Å². The van der Waals surface area contributed by atoms with Crippen molar-refractivity contribution in [2.45, 2.75) is 32.7 Å². The maximum atomic E-state index is 12.2. The predicted molar refractivity (Wildman–Crippen MR) is 87.7 cm³/mol. The number of rotatable bonds is 8. The Kier molecular flexibility index (Phi) is 5.81. The van der Waals surface area contributed by atoms with Gasteiger partial charge in [0, 0.05) is 30.4 Å². The third-order valence-corrected chi connectivity index (χ3v) is 3.68. The minimum atomic E-state index is 0.0104. The molecule has 0 atom stereocenters. The van der Waals surface area contributed by atoms with E-state index in [4.69, 9.17) is 0 Å². The summed E-state index contributed by atoms with van der Waals surface area (Å²) in [5, 5.41) is 7.23. The molecule has 0 aliphatic heterocycles. The highest BCUT2D eigenvalue weighted by molar-refractivity contribution is 5.98. The summed E-state index contributed by atoms with van der Waals surface area (Å²) < 4.78 is 2.23. The van der Waals surface area contributed by atoms with Crippen LogP contribution in [0.2, 0.25) is 0 Å². The number of carbonyl (C=O) groups is 1. The van der Waals surface area contributed by atoms with Crippen molar-refractivity contribution in [2.75, 3.05) is 20.1 Å². The van der Waals surface area contributed by atoms with Gasteiger partial charge in [-0.15, -0.1) is 0 Å². The summed E-state index contributed by atoms with van der Waals surface area (Å²) in [5.41, 5.74) is 1.88. The van der Waals surface area contributed by atoms with Gasteiger partial charge in [-0.25, -0.2) is 0 Å². The molecule has 0 unspecified atom stereocenters. The van der Waals surface area contributed by atoms with E-state index in [-0.39, 0.29) is 5.91 Å². The fourth-order valence-corrected chi connectivity index (χ4v) is 2.42. The molecule has 0 saturated carbocycles. The Morgan fingerprint density at radius 2 is 2.05 bits per heavy atom. The second-order valence-corrected chi connectivity index (χ2v) is 5.35. The summed E-state index contributed by atoms with van der Waals surface area (Å²) >= 11 is 0. The van der Waals surface area contributed by atoms with Crippen LogP contribution in [0.5, 0.6) is 0 Å². The number of hydrogen-bond donors (Lipinski definition) is 2. The number of carbonyl (C=O) groups excluding carboxylic acids is 1. The fraction of sp³-hybridized carbons (Fsp3) is 0.471. The van der Waals surface area contributed by atoms with Crippen LogP contribution >= 0.6 is 0 Å². The van der Waals surface area contributed by atoms with E-state index in [1.807, 2.05) is 25.2 Å². The molecule has 0 spiro atoms. The van der Waals surface area contributed by atoms with Crippen LogP contribution in [0, 0.1) is 0 Å². The molecule has 114 valence electrons. The molecule has 1 aromatic heterocycles. The maximum absolute atomic E-state index is 12.2. The second kappa shape index (κ2) is 7.84. The summed E-state index contributed by atoms with van der Waals surface area (Å²) in [6.07, 6.45) is 5.38. The van der Waals surface area contributed by atoms with E-state index in [1.165, 1.54) is 11.8 Å². The molecule has 2 rings (SSSR count). The number of aryl methyl sites for hydroxylation is 1. The van der Waals surface area contributed by atoms with Gasteiger partial charge in [0.15, 0.2) is 0 Å². The van der Waals surface area contributed by atoms with E-state index in [2.05, 4.69) is 34.4 Å². The molecule has 0 bridgehead atoms. The first-order valence-corrected chi connectivity index (χ1v) is 7.78. The number of unbranched alkanes of at least 4 members (excludes halogenated alkanes) is 1. The van der Waals surface area contributed by atoms with Crippen LogP contribution in [0.4, 0.5) is 0 Å². The molecule has 0 saturated heterocycles. The maximum Gasteiger partial charge on any atom is 0.251 e. The number of hydrogen-bond acceptors (Lipinski definition) is 2. The molecule has 1 amide bonds. The molecular formula is C17H25N3O. The van der Waals surface area contributed by atoms with E-state index < -0.39 is 0 Å². The van der Waals surface area contributed by atoms with E-state index in [1.54, 1.807) is 0 Å². The van der Waals surface area contributed by atoms with Gasteiger partial charge in [-0.05, 0) is 50.0 Å². The molecule has 0 fully saturated rings. The topological polar surface area (TPSA) is 46.1 Å². The van der Waals surface area contributed by atoms with Gasteiger partial charge in [-0.1, -0.05) is 19.4 Å². The smallest absolute Gasteiger partial charge is 0.251 e. The molecule has 2 aromatic rings. The molecule has 1 heterocycles. The molecule has 0 aliphatic carbocycles. The van der Waals surface area contributed by atoms with Crippen molar-refractivity contribution in [3.05, 3.63) is 36.0 Å². The minimum absolute atomic E-state index is 0.0104. The molecular weight excluding hydrogens is 262 g/mol. The summed E-state index contributed by atoms with van der Waals surface area (Å²) in [6, 6.07) is 8.04. The van der Waals surface area contributed by atoms with Gasteiger partial charge in [-0.2, -0.15) is 0 Å². The Bertz CT molecular complexity index is 589. The van der Waals surface area contributed by atoms with Crippen LogP contribution in [-0.4, -0.2) is 30.6 Å². The standard InChI is InChI=1S/C17H25N3O/c1-3-4-11-20-12-8-14-6-7-15(13-16(14)20)17(21)19-10-5-9-18-2/h6-8,12-13,18H,3-5,9-11H2,1-2H3,(H,19,21). The monoisotopic (exact) mass is 287 g/mol. The van der Waals surface area contributed by atoms with Gasteiger partial charge < -0.3 is 15.2 Å². The highest BCUT2D eigenvalue weighted by Gasteiger charge is 2.08. The Balaban J connectivity index is 2.07. The third-order valence-electron chi connectivity index (χ3n) is 3.68. The summed E-state index contributed by atoms with van der Waals surface area (Å²) in [5.74, 6) is 0.0104. The Labute approximate surface area is 126 Å². The third kappa shape index (κ3) is 4.08. The summed E-state index contributed by atoms with van der Waals surface area (Å²) in [7, 11) is 1.92. The number of amides is 1. The van der Waals surface area contributed by atoms with E-state index in [0.29, 0.717) is 6.54 Å². The minimum Gasteiger partial charge on any atom is -0.352 e. The normalized spacial score (nSPS) is 11.0. The molecule has 0 aliphatic rings. The fourth-order valence-electron chi connectivity index (χ4n) is 2.42. The number of benzene rings is 1. The van der Waals surface area contributed by atoms with Crippen molar-refractivity contribution in [1.82, 2.24) is 15.2 Å². The number of nitrogens with one attached hydrogen (secondary N) is 2. The van der Waals surface area contributed by atoms with Gasteiger partial charge in [0.1, 0.15) is 0 Å². The first kappa shape index (κ1) is 15.6. The van der Waals surface area contributed by atoms with Gasteiger partial charge in [-0.3, -0.25) is 4.79 Å². The van der Waals surface area contributed by atoms with E-state index >= 15 is 0 Å². The average Bonchev–Trinajstić information content (AvgIpc) is 2.91. The lowest BCUT2D eigenvalue weighted by Crippen LogP contribution is -2.26. The summed E-state index contributed by atoms with van der Waals surface area (Å²) in [4.78, 5) is 12.2. The highest BCUT2D eigenvalue weighted by Crippen LogP contribution is 2.18.